The molecule has 0 saturated carbocycles. The van der Waals surface area contributed by atoms with Crippen LogP contribution in [0.4, 0.5) is 0 Å². The number of esters is 3. The van der Waals surface area contributed by atoms with E-state index in [1.165, 1.54) is 0 Å². The number of carbonyl (C=O) groups excluding carboxylic acids is 3. The summed E-state index contributed by atoms with van der Waals surface area (Å²) in [5, 5.41) is 0. The van der Waals surface area contributed by atoms with Crippen LogP contribution >= 0.6 is 0 Å². The molecule has 1 rings (SSSR count). The lowest BCUT2D eigenvalue weighted by atomic mass is 9.95. The Labute approximate surface area is 112 Å². The summed E-state index contributed by atoms with van der Waals surface area (Å²) in [5.74, 6) is -2.34. The highest BCUT2D eigenvalue weighted by atomic mass is 28.4. The molecule has 2 unspecified atom stereocenters. The van der Waals surface area contributed by atoms with Gasteiger partial charge in [-0.1, -0.05) is 0 Å². The van der Waals surface area contributed by atoms with Gasteiger partial charge in [-0.25, -0.2) is 9.59 Å². The minimum absolute atomic E-state index is 0.357. The van der Waals surface area contributed by atoms with Crippen LogP contribution in [0.2, 0.25) is 19.6 Å². The van der Waals surface area contributed by atoms with Crippen LogP contribution in [0.15, 0.2) is 0 Å². The van der Waals surface area contributed by atoms with E-state index in [1.54, 1.807) is 0 Å². The summed E-state index contributed by atoms with van der Waals surface area (Å²) in [6.45, 7) is 5.48. The van der Waals surface area contributed by atoms with Gasteiger partial charge in [0, 0.05) is 0 Å². The normalized spacial score (nSPS) is 26.8. The summed E-state index contributed by atoms with van der Waals surface area (Å²) in [5.41, 5.74) is -1.75. The molecule has 1 aliphatic rings. The zero-order valence-corrected chi connectivity index (χ0v) is 12.6. The van der Waals surface area contributed by atoms with E-state index >= 15 is 0 Å². The van der Waals surface area contributed by atoms with Crippen LogP contribution in [0.5, 0.6) is 0 Å². The second kappa shape index (κ2) is 5.30. The van der Waals surface area contributed by atoms with E-state index in [0.29, 0.717) is 0 Å². The van der Waals surface area contributed by atoms with Gasteiger partial charge in [0.2, 0.25) is 11.7 Å². The van der Waals surface area contributed by atoms with Crippen LogP contribution in [0, 0.1) is 0 Å². The smallest absolute Gasteiger partial charge is 0.350 e. The maximum atomic E-state index is 12.0. The first-order chi connectivity index (χ1) is 8.66. The number of hydrogen-bond acceptors (Lipinski definition) is 7. The lowest BCUT2D eigenvalue weighted by Gasteiger charge is -2.34. The van der Waals surface area contributed by atoms with Gasteiger partial charge in [-0.3, -0.25) is 4.79 Å². The van der Waals surface area contributed by atoms with Gasteiger partial charge in [0.05, 0.1) is 20.6 Å². The zero-order chi connectivity index (χ0) is 14.8. The Kier molecular flexibility index (Phi) is 4.36. The Morgan fingerprint density at radius 2 is 1.84 bits per heavy atom. The van der Waals surface area contributed by atoms with Crippen molar-refractivity contribution >= 4 is 26.2 Å². The first-order valence-electron chi connectivity index (χ1n) is 5.72. The van der Waals surface area contributed by atoms with Gasteiger partial charge >= 0.3 is 17.9 Å². The first kappa shape index (κ1) is 15.6. The molecule has 108 valence electrons. The molecule has 1 fully saturated rings. The van der Waals surface area contributed by atoms with E-state index in [4.69, 9.17) is 9.16 Å². The van der Waals surface area contributed by atoms with Crippen molar-refractivity contribution in [2.24, 2.45) is 0 Å². The van der Waals surface area contributed by atoms with Crippen molar-refractivity contribution in [2.45, 2.75) is 37.8 Å². The second-order valence-corrected chi connectivity index (χ2v) is 9.59. The van der Waals surface area contributed by atoms with Crippen LogP contribution < -0.4 is 0 Å². The second-order valence-electron chi connectivity index (χ2n) is 5.17. The van der Waals surface area contributed by atoms with Crippen molar-refractivity contribution in [2.75, 3.05) is 14.2 Å². The lowest BCUT2D eigenvalue weighted by Crippen LogP contribution is -2.57. The molecule has 7 nitrogen and oxygen atoms in total. The number of rotatable bonds is 4. The number of hydrogen-bond donors (Lipinski definition) is 0. The topological polar surface area (TPSA) is 88.1 Å². The molecule has 0 bridgehead atoms. The van der Waals surface area contributed by atoms with E-state index < -0.39 is 37.9 Å². The molecule has 8 heteroatoms. The van der Waals surface area contributed by atoms with Gasteiger partial charge in [-0.05, 0) is 19.6 Å². The average Bonchev–Trinajstić information content (AvgIpc) is 2.62. The van der Waals surface area contributed by atoms with Crippen molar-refractivity contribution in [3.63, 3.8) is 0 Å². The molecule has 19 heavy (non-hydrogen) atoms. The van der Waals surface area contributed by atoms with Crippen LogP contribution in [0.3, 0.4) is 0 Å². The molecule has 0 aromatic rings. The highest BCUT2D eigenvalue weighted by Crippen LogP contribution is 2.35. The van der Waals surface area contributed by atoms with Gasteiger partial charge in [-0.2, -0.15) is 0 Å². The average molecular weight is 290 g/mol. The number of methoxy groups -OCH3 is 2. The molecule has 0 spiro atoms. The minimum Gasteiger partial charge on any atom is -0.467 e. The van der Waals surface area contributed by atoms with E-state index in [9.17, 15) is 14.4 Å². The van der Waals surface area contributed by atoms with E-state index in [2.05, 4.69) is 9.47 Å². The summed E-state index contributed by atoms with van der Waals surface area (Å²) in [6.07, 6.45) is -1.78. The fraction of sp³-hybridized carbons (Fsp3) is 0.727. The van der Waals surface area contributed by atoms with Crippen LogP contribution in [-0.2, 0) is 33.0 Å². The van der Waals surface area contributed by atoms with Gasteiger partial charge in [0.25, 0.3) is 0 Å². The third-order valence-corrected chi connectivity index (χ3v) is 3.49. The molecule has 2 atom stereocenters. The van der Waals surface area contributed by atoms with Crippen molar-refractivity contribution in [1.82, 2.24) is 0 Å². The summed E-state index contributed by atoms with van der Waals surface area (Å²) >= 11 is 0. The Bertz CT molecular complexity index is 400. The minimum atomic E-state index is -2.24. The van der Waals surface area contributed by atoms with Crippen LogP contribution in [0.25, 0.3) is 0 Å². The molecule has 0 amide bonds. The maximum Gasteiger partial charge on any atom is 0.350 e. The third-order valence-electron chi connectivity index (χ3n) is 2.51. The van der Waals surface area contributed by atoms with Crippen LogP contribution in [0.1, 0.15) is 6.42 Å². The molecular formula is C11H18O7Si. The molecule has 0 aliphatic carbocycles. The van der Waals surface area contributed by atoms with Crippen molar-refractivity contribution in [1.29, 1.82) is 0 Å². The standard InChI is InChI=1S/C11H18O7Si/c1-15-9(13)8-11(10(14)16-2,6-7(12)17-8)18-19(3,4)5/h8H,6H2,1-5H3. The SMILES string of the molecule is COC(=O)C1OC(=O)CC1(O[Si](C)(C)C)C(=O)OC. The number of ether oxygens (including phenoxy) is 3. The predicted octanol–water partition coefficient (Wildman–Crippen LogP) is 0.238. The van der Waals surface area contributed by atoms with E-state index in [0.717, 1.165) is 14.2 Å². The van der Waals surface area contributed by atoms with Gasteiger partial charge in [0.15, 0.2) is 8.32 Å². The summed E-state index contributed by atoms with van der Waals surface area (Å²) in [4.78, 5) is 35.2. The van der Waals surface area contributed by atoms with E-state index in [-0.39, 0.29) is 6.42 Å². The largest absolute Gasteiger partial charge is 0.467 e. The summed E-state index contributed by atoms with van der Waals surface area (Å²) in [6, 6.07) is 0. The number of cyclic esters (lactones) is 1. The molecule has 0 aromatic heterocycles. The Morgan fingerprint density at radius 3 is 2.26 bits per heavy atom. The molecule has 1 aliphatic heterocycles. The highest BCUT2D eigenvalue weighted by molar-refractivity contribution is 6.70. The van der Waals surface area contributed by atoms with Crippen LogP contribution in [-0.4, -0.2) is 52.1 Å². The lowest BCUT2D eigenvalue weighted by molar-refractivity contribution is -0.178. The van der Waals surface area contributed by atoms with Gasteiger partial charge in [0.1, 0.15) is 0 Å². The highest BCUT2D eigenvalue weighted by Gasteiger charge is 2.62. The Hall–Kier alpha value is -1.41. The van der Waals surface area contributed by atoms with Gasteiger partial charge < -0.3 is 18.6 Å². The molecule has 1 heterocycles. The maximum absolute atomic E-state index is 12.0. The summed E-state index contributed by atoms with van der Waals surface area (Å²) in [7, 11) is 0.0609. The van der Waals surface area contributed by atoms with Crippen molar-refractivity contribution in [3.8, 4) is 0 Å². The molecule has 1 saturated heterocycles. The monoisotopic (exact) mass is 290 g/mol. The summed E-state index contributed by atoms with van der Waals surface area (Å²) < 4.78 is 19.9. The first-order valence-corrected chi connectivity index (χ1v) is 9.13. The van der Waals surface area contributed by atoms with Crippen molar-refractivity contribution < 1.29 is 33.0 Å². The Balaban J connectivity index is 3.23. The Morgan fingerprint density at radius 1 is 1.26 bits per heavy atom. The molecule has 0 N–H and O–H groups in total. The van der Waals surface area contributed by atoms with Gasteiger partial charge in [-0.15, -0.1) is 0 Å². The fourth-order valence-electron chi connectivity index (χ4n) is 1.95. The predicted molar refractivity (Wildman–Crippen MR) is 65.7 cm³/mol. The zero-order valence-electron chi connectivity index (χ0n) is 11.6. The molecular weight excluding hydrogens is 272 g/mol. The van der Waals surface area contributed by atoms with E-state index in [1.807, 2.05) is 19.6 Å². The third kappa shape index (κ3) is 3.13. The molecule has 0 radical (unpaired) electrons. The molecule has 0 aromatic carbocycles. The number of carbonyl (C=O) groups is 3. The fourth-order valence-corrected chi connectivity index (χ4v) is 3.31. The quantitative estimate of drug-likeness (QED) is 0.416. The van der Waals surface area contributed by atoms with Crippen molar-refractivity contribution in [3.05, 3.63) is 0 Å².